The summed E-state index contributed by atoms with van der Waals surface area (Å²) in [6.45, 7) is 7.04. The molecule has 0 aliphatic heterocycles. The molecule has 7 nitrogen and oxygen atoms in total. The number of aromatic nitrogens is 4. The molecule has 3 aromatic heterocycles. The third kappa shape index (κ3) is 6.36. The SMILES string of the molecule is Cc1cc(-c2ccc(C(F)(F)F)nc2)nc(-c2ccnc(-c3cccc(S(=O)(=O)NC(C)(C)C)c3)c2)n1. The van der Waals surface area contributed by atoms with Gasteiger partial charge in [0.1, 0.15) is 5.69 Å². The van der Waals surface area contributed by atoms with Crippen LogP contribution < -0.4 is 4.72 Å². The predicted octanol–water partition coefficient (Wildman–Crippen LogP) is 5.67. The van der Waals surface area contributed by atoms with Crippen LogP contribution in [0.2, 0.25) is 0 Å². The van der Waals surface area contributed by atoms with Crippen molar-refractivity contribution in [2.75, 3.05) is 0 Å². The van der Waals surface area contributed by atoms with Gasteiger partial charge in [0.15, 0.2) is 5.82 Å². The Kier molecular flexibility index (Phi) is 6.87. The van der Waals surface area contributed by atoms with Gasteiger partial charge in [0.25, 0.3) is 0 Å². The number of halogens is 3. The molecule has 0 bridgehead atoms. The second kappa shape index (κ2) is 9.64. The largest absolute Gasteiger partial charge is 0.433 e. The van der Waals surface area contributed by atoms with Gasteiger partial charge >= 0.3 is 6.18 Å². The molecule has 0 radical (unpaired) electrons. The summed E-state index contributed by atoms with van der Waals surface area (Å²) in [5.41, 5.74) is 1.52. The standard InChI is InChI=1S/C26H24F3N5O2S/c1-16-12-22(19-8-9-23(31-15-19)26(27,28)29)33-24(32-16)18-10-11-30-21(14-18)17-6-5-7-20(13-17)37(35,36)34-25(2,3)4/h5-15,34H,1-4H3. The molecule has 0 aliphatic rings. The lowest BCUT2D eigenvalue weighted by atomic mass is 10.1. The van der Waals surface area contributed by atoms with E-state index in [4.69, 9.17) is 0 Å². The summed E-state index contributed by atoms with van der Waals surface area (Å²) < 4.78 is 66.8. The fourth-order valence-corrected chi connectivity index (χ4v) is 5.03. The molecule has 192 valence electrons. The van der Waals surface area contributed by atoms with Crippen LogP contribution in [0.4, 0.5) is 13.2 Å². The van der Waals surface area contributed by atoms with E-state index in [1.54, 1.807) is 64.2 Å². The van der Waals surface area contributed by atoms with Crippen molar-refractivity contribution in [3.05, 3.63) is 78.4 Å². The van der Waals surface area contributed by atoms with E-state index in [1.807, 2.05) is 0 Å². The van der Waals surface area contributed by atoms with Gasteiger partial charge in [-0.2, -0.15) is 13.2 Å². The highest BCUT2D eigenvalue weighted by atomic mass is 32.2. The van der Waals surface area contributed by atoms with Crippen molar-refractivity contribution in [3.8, 4) is 33.9 Å². The van der Waals surface area contributed by atoms with Gasteiger partial charge in [-0.15, -0.1) is 0 Å². The molecule has 0 unspecified atom stereocenters. The summed E-state index contributed by atoms with van der Waals surface area (Å²) in [6.07, 6.45) is -1.84. The third-order valence-electron chi connectivity index (χ3n) is 5.10. The predicted molar refractivity (Wildman–Crippen MR) is 134 cm³/mol. The zero-order valence-electron chi connectivity index (χ0n) is 20.5. The average Bonchev–Trinajstić information content (AvgIpc) is 2.82. The van der Waals surface area contributed by atoms with E-state index in [0.717, 1.165) is 12.3 Å². The minimum atomic E-state index is -4.53. The second-order valence-electron chi connectivity index (χ2n) is 9.46. The van der Waals surface area contributed by atoms with Crippen LogP contribution in [0.15, 0.2) is 71.9 Å². The molecule has 1 aromatic carbocycles. The van der Waals surface area contributed by atoms with E-state index in [9.17, 15) is 21.6 Å². The van der Waals surface area contributed by atoms with Gasteiger partial charge in [0.2, 0.25) is 10.0 Å². The Bertz CT molecular complexity index is 1550. The van der Waals surface area contributed by atoms with Crippen LogP contribution in [-0.2, 0) is 16.2 Å². The smallest absolute Gasteiger partial charge is 0.256 e. The average molecular weight is 528 g/mol. The van der Waals surface area contributed by atoms with E-state index in [0.29, 0.717) is 39.6 Å². The molecule has 3 heterocycles. The van der Waals surface area contributed by atoms with Gasteiger partial charge in [-0.05, 0) is 70.2 Å². The first-order valence-electron chi connectivity index (χ1n) is 11.2. The summed E-state index contributed by atoms with van der Waals surface area (Å²) in [6, 6.07) is 13.8. The number of benzene rings is 1. The zero-order valence-corrected chi connectivity index (χ0v) is 21.3. The minimum Gasteiger partial charge on any atom is -0.256 e. The number of rotatable bonds is 5. The lowest BCUT2D eigenvalue weighted by Gasteiger charge is -2.20. The maximum Gasteiger partial charge on any atom is 0.433 e. The highest BCUT2D eigenvalue weighted by Crippen LogP contribution is 2.30. The van der Waals surface area contributed by atoms with Gasteiger partial charge < -0.3 is 0 Å². The maximum absolute atomic E-state index is 12.9. The number of hydrogen-bond donors (Lipinski definition) is 1. The zero-order chi connectivity index (χ0) is 27.0. The Balaban J connectivity index is 1.70. The van der Waals surface area contributed by atoms with Crippen molar-refractivity contribution in [2.45, 2.75) is 44.3 Å². The quantitative estimate of drug-likeness (QED) is 0.359. The molecule has 11 heteroatoms. The number of sulfonamides is 1. The van der Waals surface area contributed by atoms with Crippen molar-refractivity contribution in [2.24, 2.45) is 0 Å². The van der Waals surface area contributed by atoms with Gasteiger partial charge in [-0.1, -0.05) is 12.1 Å². The van der Waals surface area contributed by atoms with Crippen molar-refractivity contribution >= 4 is 10.0 Å². The van der Waals surface area contributed by atoms with Crippen LogP contribution in [0.1, 0.15) is 32.2 Å². The Hall–Kier alpha value is -3.70. The van der Waals surface area contributed by atoms with Gasteiger partial charge in [-0.3, -0.25) is 9.97 Å². The van der Waals surface area contributed by atoms with Crippen LogP contribution in [0.5, 0.6) is 0 Å². The van der Waals surface area contributed by atoms with Crippen molar-refractivity contribution in [1.82, 2.24) is 24.7 Å². The molecule has 4 aromatic rings. The van der Waals surface area contributed by atoms with Gasteiger partial charge in [0.05, 0.1) is 16.3 Å². The van der Waals surface area contributed by atoms with E-state index in [1.165, 1.54) is 18.2 Å². The van der Waals surface area contributed by atoms with E-state index >= 15 is 0 Å². The molecule has 0 amide bonds. The maximum atomic E-state index is 12.9. The molecular formula is C26H24F3N5O2S. The normalized spacial score (nSPS) is 12.5. The van der Waals surface area contributed by atoms with E-state index < -0.39 is 27.4 Å². The molecule has 0 spiro atoms. The fourth-order valence-electron chi connectivity index (χ4n) is 3.57. The lowest BCUT2D eigenvalue weighted by molar-refractivity contribution is -0.141. The fraction of sp³-hybridized carbons (Fsp3) is 0.231. The molecule has 1 N–H and O–H groups in total. The highest BCUT2D eigenvalue weighted by molar-refractivity contribution is 7.89. The van der Waals surface area contributed by atoms with Crippen molar-refractivity contribution in [3.63, 3.8) is 0 Å². The van der Waals surface area contributed by atoms with E-state index in [2.05, 4.69) is 24.7 Å². The Morgan fingerprint density at radius 2 is 1.57 bits per heavy atom. The lowest BCUT2D eigenvalue weighted by Crippen LogP contribution is -2.40. The van der Waals surface area contributed by atoms with Crippen LogP contribution in [0, 0.1) is 6.92 Å². The number of hydrogen-bond acceptors (Lipinski definition) is 6. The van der Waals surface area contributed by atoms with Crippen molar-refractivity contribution < 1.29 is 21.6 Å². The summed E-state index contributed by atoms with van der Waals surface area (Å²) in [7, 11) is -3.74. The number of nitrogens with one attached hydrogen (secondary N) is 1. The molecule has 0 atom stereocenters. The summed E-state index contributed by atoms with van der Waals surface area (Å²) >= 11 is 0. The summed E-state index contributed by atoms with van der Waals surface area (Å²) in [5, 5.41) is 0. The highest BCUT2D eigenvalue weighted by Gasteiger charge is 2.32. The Morgan fingerprint density at radius 3 is 2.22 bits per heavy atom. The van der Waals surface area contributed by atoms with Crippen LogP contribution in [-0.4, -0.2) is 33.9 Å². The molecule has 0 saturated heterocycles. The molecule has 4 rings (SSSR count). The van der Waals surface area contributed by atoms with Crippen LogP contribution in [0.25, 0.3) is 33.9 Å². The number of nitrogens with zero attached hydrogens (tertiary/aromatic N) is 4. The minimum absolute atomic E-state index is 0.107. The first-order chi connectivity index (χ1) is 17.2. The van der Waals surface area contributed by atoms with Gasteiger partial charge in [0, 0.05) is 40.3 Å². The molecule has 37 heavy (non-hydrogen) atoms. The molecular weight excluding hydrogens is 503 g/mol. The monoisotopic (exact) mass is 527 g/mol. The molecule has 0 fully saturated rings. The Labute approximate surface area is 212 Å². The Morgan fingerprint density at radius 1 is 0.811 bits per heavy atom. The number of pyridine rings is 2. The second-order valence-corrected chi connectivity index (χ2v) is 11.1. The number of alkyl halides is 3. The number of aryl methyl sites for hydroxylation is 1. The van der Waals surface area contributed by atoms with E-state index in [-0.39, 0.29) is 4.90 Å². The summed E-state index contributed by atoms with van der Waals surface area (Å²) in [5.74, 6) is 0.344. The third-order valence-corrected chi connectivity index (χ3v) is 6.86. The van der Waals surface area contributed by atoms with Gasteiger partial charge in [-0.25, -0.2) is 23.1 Å². The first kappa shape index (κ1) is 26.4. The summed E-state index contributed by atoms with van der Waals surface area (Å²) in [4.78, 5) is 17.0. The molecule has 0 aliphatic carbocycles. The van der Waals surface area contributed by atoms with Crippen molar-refractivity contribution in [1.29, 1.82) is 0 Å². The topological polar surface area (TPSA) is 97.7 Å². The van der Waals surface area contributed by atoms with Crippen LogP contribution in [0.3, 0.4) is 0 Å². The first-order valence-corrected chi connectivity index (χ1v) is 12.7. The molecule has 0 saturated carbocycles. The van der Waals surface area contributed by atoms with Crippen LogP contribution >= 0.6 is 0 Å².